The van der Waals surface area contributed by atoms with Crippen LogP contribution in [-0.2, 0) is 4.74 Å². The van der Waals surface area contributed by atoms with E-state index in [0.29, 0.717) is 6.42 Å². The Morgan fingerprint density at radius 3 is 2.55 bits per heavy atom. The van der Waals surface area contributed by atoms with E-state index >= 15 is 0 Å². The lowest BCUT2D eigenvalue weighted by atomic mass is 9.79. The lowest BCUT2D eigenvalue weighted by molar-refractivity contribution is -0.140. The van der Waals surface area contributed by atoms with Crippen molar-refractivity contribution in [3.05, 3.63) is 23.8 Å². The molecule has 1 aromatic carbocycles. The maximum absolute atomic E-state index is 10.5. The van der Waals surface area contributed by atoms with Crippen LogP contribution in [0.1, 0.15) is 44.8 Å². The average Bonchev–Trinajstić information content (AvgIpc) is 2.36. The van der Waals surface area contributed by atoms with E-state index in [-0.39, 0.29) is 17.8 Å². The fourth-order valence-electron chi connectivity index (χ4n) is 3.62. The number of rotatable bonds is 1. The van der Waals surface area contributed by atoms with Crippen molar-refractivity contribution in [3.8, 4) is 11.5 Å². The highest BCUT2D eigenvalue weighted by Gasteiger charge is 2.45. The summed E-state index contributed by atoms with van der Waals surface area (Å²) in [5.41, 5.74) is 0.514. The number of fused-ring (bicyclic) bond motifs is 1. The molecule has 2 aliphatic heterocycles. The summed E-state index contributed by atoms with van der Waals surface area (Å²) in [7, 11) is 1.63. The number of hydrogen-bond donors (Lipinski definition) is 1. The molecule has 1 saturated heterocycles. The Morgan fingerprint density at radius 1 is 1.20 bits per heavy atom. The number of aliphatic hydroxyl groups excluding tert-OH is 1. The Morgan fingerprint density at radius 2 is 1.90 bits per heavy atom. The number of ether oxygens (including phenoxy) is 3. The standard InChI is InChI=1S/C16H22O4/c1-10-7-16(8-11(2)19-10)9-14(17)13-6-12(18-3)4-5-15(13)20-16/h4-6,10-11,14,17H,7-9H2,1-3H3/t10?,11?,14-,16?/m1/s1. The quantitative estimate of drug-likeness (QED) is 0.858. The molecule has 1 spiro atoms. The van der Waals surface area contributed by atoms with Crippen LogP contribution >= 0.6 is 0 Å². The molecule has 2 unspecified atom stereocenters. The van der Waals surface area contributed by atoms with Crippen molar-refractivity contribution in [2.24, 2.45) is 0 Å². The monoisotopic (exact) mass is 278 g/mol. The second-order valence-electron chi connectivity index (χ2n) is 6.07. The van der Waals surface area contributed by atoms with Crippen molar-refractivity contribution in [2.45, 2.75) is 57.0 Å². The molecule has 110 valence electrons. The Kier molecular flexibility index (Phi) is 3.38. The van der Waals surface area contributed by atoms with Crippen molar-refractivity contribution in [1.29, 1.82) is 0 Å². The van der Waals surface area contributed by atoms with Crippen LogP contribution in [0.25, 0.3) is 0 Å². The van der Waals surface area contributed by atoms with E-state index < -0.39 is 6.10 Å². The van der Waals surface area contributed by atoms with Gasteiger partial charge in [-0.05, 0) is 32.0 Å². The summed E-state index contributed by atoms with van der Waals surface area (Å²) in [5, 5.41) is 10.5. The summed E-state index contributed by atoms with van der Waals surface area (Å²) in [6.07, 6.45) is 2.06. The van der Waals surface area contributed by atoms with Gasteiger partial charge in [-0.25, -0.2) is 0 Å². The topological polar surface area (TPSA) is 47.9 Å². The van der Waals surface area contributed by atoms with Gasteiger partial charge in [0.15, 0.2) is 0 Å². The zero-order valence-corrected chi connectivity index (χ0v) is 12.3. The highest BCUT2D eigenvalue weighted by atomic mass is 16.5. The molecular weight excluding hydrogens is 256 g/mol. The van der Waals surface area contributed by atoms with E-state index in [1.54, 1.807) is 7.11 Å². The Balaban J connectivity index is 1.92. The highest BCUT2D eigenvalue weighted by Crippen LogP contribution is 2.46. The predicted octanol–water partition coefficient (Wildman–Crippen LogP) is 2.84. The molecule has 0 aromatic heterocycles. The van der Waals surface area contributed by atoms with Crippen LogP contribution < -0.4 is 9.47 Å². The van der Waals surface area contributed by atoms with Crippen molar-refractivity contribution in [3.63, 3.8) is 0 Å². The fourth-order valence-corrected chi connectivity index (χ4v) is 3.62. The Hall–Kier alpha value is -1.26. The van der Waals surface area contributed by atoms with Crippen molar-refractivity contribution >= 4 is 0 Å². The first-order chi connectivity index (χ1) is 9.51. The van der Waals surface area contributed by atoms with Crippen LogP contribution in [0.3, 0.4) is 0 Å². The minimum Gasteiger partial charge on any atom is -0.497 e. The Labute approximate surface area is 119 Å². The molecule has 1 fully saturated rings. The Bertz CT molecular complexity index is 489. The average molecular weight is 278 g/mol. The largest absolute Gasteiger partial charge is 0.497 e. The van der Waals surface area contributed by atoms with Gasteiger partial charge in [-0.3, -0.25) is 0 Å². The minimum atomic E-state index is -0.508. The summed E-state index contributed by atoms with van der Waals surface area (Å²) >= 11 is 0. The fraction of sp³-hybridized carbons (Fsp3) is 0.625. The smallest absolute Gasteiger partial charge is 0.126 e. The number of benzene rings is 1. The van der Waals surface area contributed by atoms with E-state index in [1.165, 1.54) is 0 Å². The molecule has 0 bridgehead atoms. The molecule has 0 aliphatic carbocycles. The van der Waals surface area contributed by atoms with Gasteiger partial charge in [0.25, 0.3) is 0 Å². The van der Waals surface area contributed by atoms with E-state index in [2.05, 4.69) is 13.8 Å². The van der Waals surface area contributed by atoms with E-state index in [9.17, 15) is 5.11 Å². The lowest BCUT2D eigenvalue weighted by Gasteiger charge is -2.46. The SMILES string of the molecule is COc1ccc2c(c1)[C@H](O)CC1(CC(C)OC(C)C1)O2. The molecular formula is C16H22O4. The normalized spacial score (nSPS) is 36.3. The van der Waals surface area contributed by atoms with Gasteiger partial charge in [-0.15, -0.1) is 0 Å². The van der Waals surface area contributed by atoms with Gasteiger partial charge >= 0.3 is 0 Å². The summed E-state index contributed by atoms with van der Waals surface area (Å²) < 4.78 is 17.3. The zero-order chi connectivity index (χ0) is 14.3. The maximum atomic E-state index is 10.5. The van der Waals surface area contributed by atoms with Crippen molar-refractivity contribution in [1.82, 2.24) is 0 Å². The molecule has 2 heterocycles. The third-order valence-corrected chi connectivity index (χ3v) is 4.25. The van der Waals surface area contributed by atoms with Crippen LogP contribution in [0.2, 0.25) is 0 Å². The third-order valence-electron chi connectivity index (χ3n) is 4.25. The van der Waals surface area contributed by atoms with E-state index in [1.807, 2.05) is 18.2 Å². The lowest BCUT2D eigenvalue weighted by Crippen LogP contribution is -2.50. The minimum absolute atomic E-state index is 0.158. The molecule has 2 aliphatic rings. The van der Waals surface area contributed by atoms with Crippen molar-refractivity contribution in [2.75, 3.05) is 7.11 Å². The maximum Gasteiger partial charge on any atom is 0.126 e. The summed E-state index contributed by atoms with van der Waals surface area (Å²) in [5.74, 6) is 1.52. The molecule has 0 radical (unpaired) electrons. The summed E-state index contributed by atoms with van der Waals surface area (Å²) in [6.45, 7) is 4.13. The highest BCUT2D eigenvalue weighted by molar-refractivity contribution is 5.43. The van der Waals surface area contributed by atoms with Gasteiger partial charge in [0, 0.05) is 24.8 Å². The molecule has 3 rings (SSSR count). The van der Waals surface area contributed by atoms with Gasteiger partial charge in [-0.2, -0.15) is 0 Å². The number of methoxy groups -OCH3 is 1. The number of hydrogen-bond acceptors (Lipinski definition) is 4. The molecule has 0 amide bonds. The van der Waals surface area contributed by atoms with Gasteiger partial charge in [0.05, 0.1) is 25.4 Å². The van der Waals surface area contributed by atoms with Crippen LogP contribution in [0.15, 0.2) is 18.2 Å². The first-order valence-corrected chi connectivity index (χ1v) is 7.22. The van der Waals surface area contributed by atoms with Crippen LogP contribution in [0.5, 0.6) is 11.5 Å². The van der Waals surface area contributed by atoms with Gasteiger partial charge in [0.1, 0.15) is 17.1 Å². The zero-order valence-electron chi connectivity index (χ0n) is 12.3. The first kappa shape index (κ1) is 13.7. The second-order valence-corrected chi connectivity index (χ2v) is 6.07. The van der Waals surface area contributed by atoms with Gasteiger partial charge in [-0.1, -0.05) is 0 Å². The van der Waals surface area contributed by atoms with E-state index in [0.717, 1.165) is 29.9 Å². The van der Waals surface area contributed by atoms with Gasteiger partial charge in [0.2, 0.25) is 0 Å². The molecule has 4 nitrogen and oxygen atoms in total. The van der Waals surface area contributed by atoms with Crippen LogP contribution in [0.4, 0.5) is 0 Å². The number of aliphatic hydroxyl groups is 1. The second kappa shape index (κ2) is 4.93. The molecule has 1 N–H and O–H groups in total. The third kappa shape index (κ3) is 2.38. The molecule has 1 aromatic rings. The summed E-state index contributed by atoms with van der Waals surface area (Å²) in [4.78, 5) is 0. The van der Waals surface area contributed by atoms with E-state index in [4.69, 9.17) is 14.2 Å². The van der Waals surface area contributed by atoms with Gasteiger partial charge < -0.3 is 19.3 Å². The molecule has 4 heteroatoms. The van der Waals surface area contributed by atoms with Crippen LogP contribution in [-0.4, -0.2) is 30.0 Å². The first-order valence-electron chi connectivity index (χ1n) is 7.22. The van der Waals surface area contributed by atoms with Crippen LogP contribution in [0, 0.1) is 0 Å². The summed E-state index contributed by atoms with van der Waals surface area (Å²) in [6, 6.07) is 5.62. The molecule has 3 atom stereocenters. The predicted molar refractivity (Wildman–Crippen MR) is 75.2 cm³/mol. The van der Waals surface area contributed by atoms with Crippen molar-refractivity contribution < 1.29 is 19.3 Å². The molecule has 0 saturated carbocycles. The molecule has 20 heavy (non-hydrogen) atoms.